The van der Waals surface area contributed by atoms with Crippen molar-refractivity contribution in [2.45, 2.75) is 57.5 Å². The molecule has 0 bridgehead atoms. The maximum Gasteiger partial charge on any atom is 0.534 e. The Labute approximate surface area is 171 Å². The predicted octanol–water partition coefficient (Wildman–Crippen LogP) is 0.968. The van der Waals surface area contributed by atoms with E-state index in [0.29, 0.717) is 24.3 Å². The monoisotopic (exact) mass is 422 g/mol. The molecular formula is C19H22N2O9. The van der Waals surface area contributed by atoms with Gasteiger partial charge in [0.2, 0.25) is 0 Å². The van der Waals surface area contributed by atoms with Crippen LogP contribution in [0.5, 0.6) is 0 Å². The molecule has 4 amide bonds. The largest absolute Gasteiger partial charge is 0.534 e. The van der Waals surface area contributed by atoms with E-state index in [1.165, 1.54) is 0 Å². The highest BCUT2D eigenvalue weighted by Crippen LogP contribution is 2.32. The number of rotatable bonds is 6. The Kier molecular flexibility index (Phi) is 6.60. The summed E-state index contributed by atoms with van der Waals surface area (Å²) in [6.07, 6.45) is 3.81. The average molecular weight is 422 g/mol. The second-order valence-corrected chi connectivity index (χ2v) is 7.44. The molecule has 162 valence electrons. The molecule has 2 aliphatic heterocycles. The predicted molar refractivity (Wildman–Crippen MR) is 95.6 cm³/mol. The highest BCUT2D eigenvalue weighted by atomic mass is 16.8. The Bertz CT molecular complexity index is 761. The van der Waals surface area contributed by atoms with E-state index in [9.17, 15) is 28.8 Å². The third-order valence-electron chi connectivity index (χ3n) is 5.19. The van der Waals surface area contributed by atoms with Crippen molar-refractivity contribution in [1.29, 1.82) is 0 Å². The molecule has 2 unspecified atom stereocenters. The summed E-state index contributed by atoms with van der Waals surface area (Å²) in [6, 6.07) is 0. The number of allylic oxidation sites excluding steroid dienone is 1. The fourth-order valence-corrected chi connectivity index (χ4v) is 3.45. The van der Waals surface area contributed by atoms with E-state index in [1.54, 1.807) is 12.2 Å². The second kappa shape index (κ2) is 9.16. The number of carbonyl (C=O) groups is 6. The minimum Gasteiger partial charge on any atom is -0.425 e. The Balaban J connectivity index is 1.53. The molecule has 2 atom stereocenters. The van der Waals surface area contributed by atoms with Crippen molar-refractivity contribution >= 4 is 36.1 Å². The van der Waals surface area contributed by atoms with Gasteiger partial charge in [-0.1, -0.05) is 11.1 Å². The van der Waals surface area contributed by atoms with Crippen LogP contribution in [0.15, 0.2) is 12.2 Å². The molecule has 2 heterocycles. The lowest BCUT2D eigenvalue weighted by atomic mass is 9.80. The van der Waals surface area contributed by atoms with Crippen LogP contribution in [-0.4, -0.2) is 58.9 Å². The minimum absolute atomic E-state index is 0.0140. The number of imide groups is 2. The van der Waals surface area contributed by atoms with Gasteiger partial charge in [-0.25, -0.2) is 4.79 Å². The van der Waals surface area contributed by atoms with Crippen molar-refractivity contribution in [2.75, 3.05) is 6.61 Å². The Hall–Kier alpha value is -3.08. The number of ether oxygens (including phenoxy) is 1. The van der Waals surface area contributed by atoms with Crippen LogP contribution in [-0.2, 0) is 38.4 Å². The highest BCUT2D eigenvalue weighted by molar-refractivity contribution is 6.01. The highest BCUT2D eigenvalue weighted by Gasteiger charge is 2.37. The fraction of sp³-hybridized carbons (Fsp3) is 0.579. The summed E-state index contributed by atoms with van der Waals surface area (Å²) in [7, 11) is 0. The molecule has 30 heavy (non-hydrogen) atoms. The number of hydroxylamine groups is 4. The van der Waals surface area contributed by atoms with Gasteiger partial charge in [0.25, 0.3) is 23.6 Å². The quantitative estimate of drug-likeness (QED) is 0.265. The standard InChI is InChI=1S/C19H22N2O9/c22-11-19(12-28-20-14(23)5-6-15(20)24)9-1-3-13(4-2-10-19)29-18(27)30-21-16(25)7-8-17(21)26/h1,3,11,13H,2,4-10,12H2/b3-1+. The van der Waals surface area contributed by atoms with E-state index in [-0.39, 0.29) is 38.7 Å². The van der Waals surface area contributed by atoms with Gasteiger partial charge in [0.05, 0.1) is 12.0 Å². The van der Waals surface area contributed by atoms with Crippen molar-refractivity contribution in [2.24, 2.45) is 5.41 Å². The lowest BCUT2D eigenvalue weighted by Crippen LogP contribution is -2.37. The maximum absolute atomic E-state index is 11.9. The first-order valence-corrected chi connectivity index (χ1v) is 9.70. The van der Waals surface area contributed by atoms with Crippen molar-refractivity contribution in [3.8, 4) is 0 Å². The van der Waals surface area contributed by atoms with E-state index in [0.717, 1.165) is 11.3 Å². The first-order valence-electron chi connectivity index (χ1n) is 9.70. The van der Waals surface area contributed by atoms with E-state index >= 15 is 0 Å². The third kappa shape index (κ3) is 4.90. The third-order valence-corrected chi connectivity index (χ3v) is 5.19. The van der Waals surface area contributed by atoms with Crippen molar-refractivity contribution in [3.63, 3.8) is 0 Å². The van der Waals surface area contributed by atoms with Gasteiger partial charge < -0.3 is 9.53 Å². The Morgan fingerprint density at radius 1 is 1.03 bits per heavy atom. The van der Waals surface area contributed by atoms with E-state index in [2.05, 4.69) is 4.84 Å². The maximum atomic E-state index is 11.9. The van der Waals surface area contributed by atoms with Crippen molar-refractivity contribution < 1.29 is 43.2 Å². The van der Waals surface area contributed by atoms with Crippen molar-refractivity contribution in [1.82, 2.24) is 10.1 Å². The Morgan fingerprint density at radius 2 is 1.63 bits per heavy atom. The fourth-order valence-electron chi connectivity index (χ4n) is 3.45. The van der Waals surface area contributed by atoms with Gasteiger partial charge in [0, 0.05) is 25.7 Å². The van der Waals surface area contributed by atoms with Gasteiger partial charge in [0.1, 0.15) is 12.4 Å². The van der Waals surface area contributed by atoms with Crippen LogP contribution in [0.1, 0.15) is 51.4 Å². The summed E-state index contributed by atoms with van der Waals surface area (Å²) >= 11 is 0. The number of hydrogen-bond acceptors (Lipinski definition) is 9. The molecule has 0 N–H and O–H groups in total. The summed E-state index contributed by atoms with van der Waals surface area (Å²) in [5, 5.41) is 1.13. The van der Waals surface area contributed by atoms with Gasteiger partial charge >= 0.3 is 6.16 Å². The Morgan fingerprint density at radius 3 is 2.23 bits per heavy atom. The van der Waals surface area contributed by atoms with Crippen LogP contribution in [0.4, 0.5) is 4.79 Å². The van der Waals surface area contributed by atoms with Crippen LogP contribution >= 0.6 is 0 Å². The normalized spacial score (nSPS) is 28.3. The van der Waals surface area contributed by atoms with Gasteiger partial charge in [-0.05, 0) is 31.8 Å². The second-order valence-electron chi connectivity index (χ2n) is 7.44. The first kappa shape index (κ1) is 21.6. The van der Waals surface area contributed by atoms with Crippen LogP contribution < -0.4 is 0 Å². The zero-order valence-corrected chi connectivity index (χ0v) is 16.2. The van der Waals surface area contributed by atoms with Crippen LogP contribution in [0.2, 0.25) is 0 Å². The van der Waals surface area contributed by atoms with Crippen molar-refractivity contribution in [3.05, 3.63) is 12.2 Å². The molecule has 11 nitrogen and oxygen atoms in total. The molecule has 0 spiro atoms. The van der Waals surface area contributed by atoms with Crippen LogP contribution in [0, 0.1) is 5.41 Å². The van der Waals surface area contributed by atoms with Crippen LogP contribution in [0.3, 0.4) is 0 Å². The topological polar surface area (TPSA) is 137 Å². The number of nitrogens with zero attached hydrogens (tertiary/aromatic N) is 2. The van der Waals surface area contributed by atoms with Gasteiger partial charge in [0.15, 0.2) is 0 Å². The molecule has 0 aromatic carbocycles. The van der Waals surface area contributed by atoms with E-state index in [4.69, 9.17) is 9.57 Å². The molecule has 0 saturated carbocycles. The average Bonchev–Trinajstić information content (AvgIpc) is 3.19. The summed E-state index contributed by atoms with van der Waals surface area (Å²) in [5.74, 6) is -2.06. The lowest BCUT2D eigenvalue weighted by Gasteiger charge is -2.30. The van der Waals surface area contributed by atoms with Gasteiger partial charge in [-0.15, -0.1) is 0 Å². The minimum atomic E-state index is -1.16. The zero-order valence-electron chi connectivity index (χ0n) is 16.2. The molecule has 3 aliphatic rings. The summed E-state index contributed by atoms with van der Waals surface area (Å²) in [4.78, 5) is 79.9. The molecular weight excluding hydrogens is 400 g/mol. The lowest BCUT2D eigenvalue weighted by molar-refractivity contribution is -0.196. The van der Waals surface area contributed by atoms with Gasteiger partial charge in [-0.2, -0.15) is 5.06 Å². The molecule has 0 radical (unpaired) electrons. The number of aldehydes is 1. The molecule has 11 heteroatoms. The zero-order chi connectivity index (χ0) is 21.7. The van der Waals surface area contributed by atoms with E-state index in [1.807, 2.05) is 0 Å². The molecule has 2 fully saturated rings. The summed E-state index contributed by atoms with van der Waals surface area (Å²) in [5.41, 5.74) is -0.917. The number of carbonyl (C=O) groups excluding carboxylic acids is 6. The molecule has 2 saturated heterocycles. The molecule has 0 aromatic rings. The molecule has 1 aliphatic carbocycles. The SMILES string of the molecule is O=CC1(CON2C(=O)CCC2=O)C/C=C/C(OC(=O)ON2C(=O)CCC2=O)CCC1. The molecule has 0 aromatic heterocycles. The van der Waals surface area contributed by atoms with Gasteiger partial charge in [-0.3, -0.25) is 28.9 Å². The smallest absolute Gasteiger partial charge is 0.425 e. The number of hydrogen-bond donors (Lipinski definition) is 0. The summed E-state index contributed by atoms with van der Waals surface area (Å²) < 4.78 is 5.15. The van der Waals surface area contributed by atoms with Crippen LogP contribution in [0.25, 0.3) is 0 Å². The molecule has 3 rings (SSSR count). The first-order chi connectivity index (χ1) is 14.3. The number of amides is 4. The summed E-state index contributed by atoms with van der Waals surface area (Å²) in [6.45, 7) is -0.120. The van der Waals surface area contributed by atoms with E-state index < -0.39 is 41.3 Å².